The van der Waals surface area contributed by atoms with E-state index in [0.717, 1.165) is 0 Å². The highest BCUT2D eigenvalue weighted by Gasteiger charge is 2.12. The maximum absolute atomic E-state index is 11.8. The van der Waals surface area contributed by atoms with Crippen LogP contribution in [0.25, 0.3) is 0 Å². The molecular weight excluding hydrogens is 250 g/mol. The van der Waals surface area contributed by atoms with Crippen LogP contribution in [-0.2, 0) is 17.8 Å². The van der Waals surface area contributed by atoms with Crippen LogP contribution >= 0.6 is 0 Å². The number of para-hydroxylation sites is 2. The van der Waals surface area contributed by atoms with Gasteiger partial charge in [0.2, 0.25) is 5.91 Å². The highest BCUT2D eigenvalue weighted by Crippen LogP contribution is 2.22. The third-order valence-electron chi connectivity index (χ3n) is 2.35. The normalized spacial score (nSPS) is 10.2. The van der Waals surface area contributed by atoms with Gasteiger partial charge < -0.3 is 19.7 Å². The minimum Gasteiger partial charge on any atom is -0.495 e. The van der Waals surface area contributed by atoms with Gasteiger partial charge in [0.15, 0.2) is 5.82 Å². The molecule has 0 radical (unpaired) electrons. The van der Waals surface area contributed by atoms with Crippen molar-refractivity contribution < 1.29 is 19.2 Å². The van der Waals surface area contributed by atoms with Gasteiger partial charge in [-0.3, -0.25) is 4.79 Å². The van der Waals surface area contributed by atoms with E-state index < -0.39 is 0 Å². The Balaban J connectivity index is 2.01. The first kappa shape index (κ1) is 13.0. The van der Waals surface area contributed by atoms with Crippen molar-refractivity contribution in [3.63, 3.8) is 0 Å². The molecule has 0 unspecified atom stereocenters. The highest BCUT2D eigenvalue weighted by atomic mass is 16.5. The molecule has 0 aliphatic carbocycles. The lowest BCUT2D eigenvalue weighted by molar-refractivity contribution is -0.115. The van der Waals surface area contributed by atoms with Gasteiger partial charge in [-0.1, -0.05) is 17.3 Å². The van der Waals surface area contributed by atoms with E-state index in [1.807, 2.05) is 0 Å². The van der Waals surface area contributed by atoms with Gasteiger partial charge in [0.05, 0.1) is 19.2 Å². The molecule has 0 aliphatic heterocycles. The topological polar surface area (TPSA) is 97.5 Å². The average Bonchev–Trinajstić information content (AvgIpc) is 2.87. The zero-order chi connectivity index (χ0) is 13.7. The number of nitrogens with zero attached hydrogens (tertiary/aromatic N) is 2. The van der Waals surface area contributed by atoms with Crippen LogP contribution in [0.3, 0.4) is 0 Å². The smallest absolute Gasteiger partial charge is 0.252 e. The summed E-state index contributed by atoms with van der Waals surface area (Å²) in [5.41, 5.74) is 0.570. The quantitative estimate of drug-likeness (QED) is 0.826. The van der Waals surface area contributed by atoms with Crippen molar-refractivity contribution in [1.29, 1.82) is 0 Å². The molecular formula is C12H13N3O4. The molecule has 100 valence electrons. The van der Waals surface area contributed by atoms with E-state index in [2.05, 4.69) is 15.5 Å². The minimum absolute atomic E-state index is 0.0401. The fraction of sp³-hybridized carbons (Fsp3) is 0.250. The summed E-state index contributed by atoms with van der Waals surface area (Å²) in [7, 11) is 1.53. The van der Waals surface area contributed by atoms with E-state index in [1.165, 1.54) is 7.11 Å². The van der Waals surface area contributed by atoms with E-state index in [4.69, 9.17) is 14.4 Å². The molecule has 1 aromatic carbocycles. The molecule has 2 aromatic rings. The Morgan fingerprint density at radius 2 is 2.26 bits per heavy atom. The lowest BCUT2D eigenvalue weighted by Gasteiger charge is -2.08. The molecule has 0 atom stereocenters. The maximum atomic E-state index is 11.8. The first-order valence-electron chi connectivity index (χ1n) is 5.58. The highest BCUT2D eigenvalue weighted by molar-refractivity contribution is 5.93. The van der Waals surface area contributed by atoms with Crippen LogP contribution < -0.4 is 10.1 Å². The largest absolute Gasteiger partial charge is 0.495 e. The second-order valence-corrected chi connectivity index (χ2v) is 3.69. The van der Waals surface area contributed by atoms with E-state index in [9.17, 15) is 4.79 Å². The number of carbonyl (C=O) groups excluding carboxylic acids is 1. The Labute approximate surface area is 109 Å². The molecule has 19 heavy (non-hydrogen) atoms. The van der Waals surface area contributed by atoms with Crippen LogP contribution in [0.15, 0.2) is 28.8 Å². The van der Waals surface area contributed by atoms with Crippen molar-refractivity contribution in [1.82, 2.24) is 10.1 Å². The molecule has 7 heteroatoms. The monoisotopic (exact) mass is 263 g/mol. The number of aliphatic hydroxyl groups is 1. The van der Waals surface area contributed by atoms with Gasteiger partial charge >= 0.3 is 0 Å². The van der Waals surface area contributed by atoms with Crippen molar-refractivity contribution in [2.75, 3.05) is 12.4 Å². The van der Waals surface area contributed by atoms with Crippen LogP contribution in [0.4, 0.5) is 5.69 Å². The lowest BCUT2D eigenvalue weighted by atomic mass is 10.2. The van der Waals surface area contributed by atoms with Crippen molar-refractivity contribution in [3.8, 4) is 5.75 Å². The number of hydrogen-bond acceptors (Lipinski definition) is 6. The van der Waals surface area contributed by atoms with Gasteiger partial charge in [0, 0.05) is 0 Å². The number of rotatable bonds is 5. The van der Waals surface area contributed by atoms with Crippen molar-refractivity contribution >= 4 is 11.6 Å². The molecule has 1 aromatic heterocycles. The molecule has 0 fully saturated rings. The molecule has 1 heterocycles. The summed E-state index contributed by atoms with van der Waals surface area (Å²) in [6.07, 6.45) is -0.0401. The average molecular weight is 263 g/mol. The summed E-state index contributed by atoms with van der Waals surface area (Å²) in [6, 6.07) is 7.07. The molecule has 0 aliphatic rings. The molecule has 2 rings (SSSR count). The summed E-state index contributed by atoms with van der Waals surface area (Å²) in [5, 5.41) is 15.0. The molecule has 0 spiro atoms. The SMILES string of the molecule is COc1ccccc1NC(=O)Cc1noc(CO)n1. The molecule has 0 saturated heterocycles. The first-order valence-corrected chi connectivity index (χ1v) is 5.58. The summed E-state index contributed by atoms with van der Waals surface area (Å²) in [6.45, 7) is -0.346. The van der Waals surface area contributed by atoms with Gasteiger partial charge in [-0.05, 0) is 12.1 Å². The van der Waals surface area contributed by atoms with Gasteiger partial charge in [-0.25, -0.2) is 0 Å². The van der Waals surface area contributed by atoms with E-state index in [1.54, 1.807) is 24.3 Å². The van der Waals surface area contributed by atoms with E-state index in [0.29, 0.717) is 11.4 Å². The van der Waals surface area contributed by atoms with Crippen LogP contribution in [-0.4, -0.2) is 28.3 Å². The molecule has 2 N–H and O–H groups in total. The third-order valence-corrected chi connectivity index (χ3v) is 2.35. The maximum Gasteiger partial charge on any atom is 0.252 e. The number of aromatic nitrogens is 2. The number of anilines is 1. The fourth-order valence-electron chi connectivity index (χ4n) is 1.51. The Morgan fingerprint density at radius 1 is 1.47 bits per heavy atom. The Bertz CT molecular complexity index is 568. The Morgan fingerprint density at radius 3 is 2.95 bits per heavy atom. The second-order valence-electron chi connectivity index (χ2n) is 3.69. The number of amides is 1. The van der Waals surface area contributed by atoms with Gasteiger partial charge in [0.25, 0.3) is 5.89 Å². The van der Waals surface area contributed by atoms with Gasteiger partial charge in [-0.15, -0.1) is 0 Å². The minimum atomic E-state index is -0.346. The van der Waals surface area contributed by atoms with Gasteiger partial charge in [0.1, 0.15) is 12.4 Å². The van der Waals surface area contributed by atoms with Crippen molar-refractivity contribution in [2.24, 2.45) is 0 Å². The Kier molecular flexibility index (Phi) is 4.09. The number of benzene rings is 1. The predicted molar refractivity (Wildman–Crippen MR) is 65.5 cm³/mol. The number of aliphatic hydroxyl groups excluding tert-OH is 1. The molecule has 0 bridgehead atoms. The standard InChI is InChI=1S/C12H13N3O4/c1-18-9-5-3-2-4-8(9)13-11(17)6-10-14-12(7-16)19-15-10/h2-5,16H,6-7H2,1H3,(H,13,17). The van der Waals surface area contributed by atoms with Crippen molar-refractivity contribution in [2.45, 2.75) is 13.0 Å². The number of ether oxygens (including phenoxy) is 1. The van der Waals surface area contributed by atoms with Crippen molar-refractivity contribution in [3.05, 3.63) is 36.0 Å². The summed E-state index contributed by atoms with van der Waals surface area (Å²) >= 11 is 0. The third kappa shape index (κ3) is 3.29. The fourth-order valence-corrected chi connectivity index (χ4v) is 1.51. The summed E-state index contributed by atoms with van der Waals surface area (Å²) < 4.78 is 9.81. The number of methoxy groups -OCH3 is 1. The molecule has 1 amide bonds. The number of nitrogens with one attached hydrogen (secondary N) is 1. The lowest BCUT2D eigenvalue weighted by Crippen LogP contribution is -2.15. The molecule has 0 saturated carbocycles. The predicted octanol–water partition coefficient (Wildman–Crippen LogP) is 0.752. The number of hydrogen-bond donors (Lipinski definition) is 2. The Hall–Kier alpha value is -2.41. The zero-order valence-corrected chi connectivity index (χ0v) is 10.3. The molecule has 7 nitrogen and oxygen atoms in total. The number of carbonyl (C=O) groups is 1. The summed E-state index contributed by atoms with van der Waals surface area (Å²) in [4.78, 5) is 15.6. The van der Waals surface area contributed by atoms with E-state index in [-0.39, 0.29) is 30.7 Å². The van der Waals surface area contributed by atoms with Crippen LogP contribution in [0, 0.1) is 0 Å². The van der Waals surface area contributed by atoms with Crippen LogP contribution in [0.5, 0.6) is 5.75 Å². The van der Waals surface area contributed by atoms with Crippen LogP contribution in [0.2, 0.25) is 0 Å². The first-order chi connectivity index (χ1) is 9.22. The summed E-state index contributed by atoms with van der Waals surface area (Å²) in [5.74, 6) is 0.575. The zero-order valence-electron chi connectivity index (χ0n) is 10.3. The van der Waals surface area contributed by atoms with Crippen LogP contribution in [0.1, 0.15) is 11.7 Å². The second kappa shape index (κ2) is 5.96. The van der Waals surface area contributed by atoms with Gasteiger partial charge in [-0.2, -0.15) is 4.98 Å². The van der Waals surface area contributed by atoms with E-state index >= 15 is 0 Å².